The number of pyridine rings is 2. The summed E-state index contributed by atoms with van der Waals surface area (Å²) < 4.78 is 0. The second kappa shape index (κ2) is 9.96. The average molecular weight is 471 g/mol. The second-order valence-electron chi connectivity index (χ2n) is 7.88. The lowest BCUT2D eigenvalue weighted by molar-refractivity contribution is 0.0680. The number of nitrogens with two attached hydrogens (primary N) is 1. The van der Waals surface area contributed by atoms with E-state index in [0.717, 1.165) is 36.2 Å². The average Bonchev–Trinajstić information content (AvgIpc) is 2.80. The van der Waals surface area contributed by atoms with Gasteiger partial charge in [0.1, 0.15) is 0 Å². The molecule has 1 saturated heterocycles. The molecule has 1 aromatic carbocycles. The van der Waals surface area contributed by atoms with Gasteiger partial charge in [-0.15, -0.1) is 0 Å². The molecule has 3 heterocycles. The van der Waals surface area contributed by atoms with Gasteiger partial charge in [0.05, 0.1) is 40.1 Å². The van der Waals surface area contributed by atoms with Crippen molar-refractivity contribution in [1.29, 1.82) is 0 Å². The number of primary amides is 1. The number of halogens is 2. The lowest BCUT2D eigenvalue weighted by Crippen LogP contribution is -2.37. The van der Waals surface area contributed by atoms with Crippen molar-refractivity contribution in [2.24, 2.45) is 5.73 Å². The number of carbonyl (C=O) groups is 1. The summed E-state index contributed by atoms with van der Waals surface area (Å²) in [6.07, 6.45) is 6.23. The highest BCUT2D eigenvalue weighted by atomic mass is 35.5. The zero-order valence-corrected chi connectivity index (χ0v) is 18.9. The molecule has 8 heteroatoms. The fourth-order valence-corrected chi connectivity index (χ4v) is 4.92. The summed E-state index contributed by atoms with van der Waals surface area (Å²) in [7, 11) is 0. The molecule has 0 spiro atoms. The van der Waals surface area contributed by atoms with Gasteiger partial charge in [-0.1, -0.05) is 29.3 Å². The Labute approximate surface area is 197 Å². The summed E-state index contributed by atoms with van der Waals surface area (Å²) in [5.74, 6) is -0.527. The van der Waals surface area contributed by atoms with Gasteiger partial charge in [-0.25, -0.2) is 0 Å². The maximum atomic E-state index is 11.6. The minimum Gasteiger partial charge on any atom is -0.392 e. The zero-order chi connectivity index (χ0) is 22.7. The number of carbonyl (C=O) groups excluding carboxylic acids is 1. The highest BCUT2D eigenvalue weighted by Crippen LogP contribution is 2.44. The van der Waals surface area contributed by atoms with Gasteiger partial charge in [0.2, 0.25) is 5.91 Å². The largest absolute Gasteiger partial charge is 0.392 e. The Morgan fingerprint density at radius 2 is 1.59 bits per heavy atom. The number of aliphatic hydroxyl groups is 1. The SMILES string of the molecule is NC(=O)c1ccc(CN2C(c3ncccc3Cl)CCCC2c2ncccc2Cl)c(CO)c1. The molecule has 1 amide bonds. The van der Waals surface area contributed by atoms with Gasteiger partial charge in [0.25, 0.3) is 0 Å². The quantitative estimate of drug-likeness (QED) is 0.537. The van der Waals surface area contributed by atoms with Crippen LogP contribution in [0.1, 0.15) is 64.2 Å². The molecule has 3 aromatic rings. The normalized spacial score (nSPS) is 19.1. The van der Waals surface area contributed by atoms with E-state index in [4.69, 9.17) is 28.9 Å². The Bertz CT molecular complexity index is 1070. The fourth-order valence-electron chi connectivity index (χ4n) is 4.42. The Balaban J connectivity index is 1.79. The number of rotatable bonds is 6. The third kappa shape index (κ3) is 4.64. The first-order chi connectivity index (χ1) is 15.5. The predicted molar refractivity (Wildman–Crippen MR) is 124 cm³/mol. The van der Waals surface area contributed by atoms with Crippen LogP contribution in [0.25, 0.3) is 0 Å². The van der Waals surface area contributed by atoms with Gasteiger partial charge in [-0.3, -0.25) is 19.7 Å². The van der Waals surface area contributed by atoms with E-state index in [-0.39, 0.29) is 18.7 Å². The van der Waals surface area contributed by atoms with Crippen LogP contribution in [0.15, 0.2) is 54.9 Å². The van der Waals surface area contributed by atoms with Crippen LogP contribution in [0.2, 0.25) is 10.0 Å². The van der Waals surface area contributed by atoms with E-state index in [1.165, 1.54) is 0 Å². The topological polar surface area (TPSA) is 92.3 Å². The van der Waals surface area contributed by atoms with Gasteiger partial charge < -0.3 is 10.8 Å². The number of piperidine rings is 1. The Morgan fingerprint density at radius 3 is 2.09 bits per heavy atom. The number of hydrogen-bond donors (Lipinski definition) is 2. The molecule has 32 heavy (non-hydrogen) atoms. The maximum Gasteiger partial charge on any atom is 0.248 e. The number of amides is 1. The Kier molecular flexibility index (Phi) is 7.06. The molecule has 2 unspecified atom stereocenters. The second-order valence-corrected chi connectivity index (χ2v) is 8.70. The predicted octanol–water partition coefficient (Wildman–Crippen LogP) is 4.84. The first-order valence-electron chi connectivity index (χ1n) is 10.5. The summed E-state index contributed by atoms with van der Waals surface area (Å²) in [5, 5.41) is 11.2. The third-order valence-corrected chi connectivity index (χ3v) is 6.61. The minimum absolute atomic E-state index is 0.0529. The number of nitrogens with zero attached hydrogens (tertiary/aromatic N) is 3. The highest BCUT2D eigenvalue weighted by molar-refractivity contribution is 6.31. The van der Waals surface area contributed by atoms with E-state index in [9.17, 15) is 9.90 Å². The molecule has 2 atom stereocenters. The molecule has 6 nitrogen and oxygen atoms in total. The lowest BCUT2D eigenvalue weighted by atomic mass is 9.90. The molecule has 166 valence electrons. The fraction of sp³-hybridized carbons (Fsp3) is 0.292. The molecule has 0 radical (unpaired) electrons. The van der Waals surface area contributed by atoms with Crippen LogP contribution in [-0.4, -0.2) is 25.9 Å². The number of aromatic nitrogens is 2. The van der Waals surface area contributed by atoms with E-state index in [1.54, 1.807) is 24.5 Å². The lowest BCUT2D eigenvalue weighted by Gasteiger charge is -2.42. The number of likely N-dealkylation sites (tertiary alicyclic amines) is 1. The summed E-state index contributed by atoms with van der Waals surface area (Å²) >= 11 is 13.1. The molecule has 3 N–H and O–H groups in total. The first-order valence-corrected chi connectivity index (χ1v) is 11.2. The van der Waals surface area contributed by atoms with Crippen LogP contribution in [0.5, 0.6) is 0 Å². The number of aliphatic hydroxyl groups excluding tert-OH is 1. The van der Waals surface area contributed by atoms with E-state index in [0.29, 0.717) is 27.7 Å². The molecule has 4 rings (SSSR count). The van der Waals surface area contributed by atoms with Gasteiger partial charge in [0, 0.05) is 24.5 Å². The van der Waals surface area contributed by atoms with Crippen molar-refractivity contribution in [2.45, 2.75) is 44.5 Å². The van der Waals surface area contributed by atoms with Crippen molar-refractivity contribution in [3.8, 4) is 0 Å². The van der Waals surface area contributed by atoms with Crippen LogP contribution in [0.3, 0.4) is 0 Å². The highest BCUT2D eigenvalue weighted by Gasteiger charge is 2.36. The minimum atomic E-state index is -0.527. The maximum absolute atomic E-state index is 11.6. The van der Waals surface area contributed by atoms with Gasteiger partial charge in [0.15, 0.2) is 0 Å². The summed E-state index contributed by atoms with van der Waals surface area (Å²) in [6.45, 7) is 0.304. The molecular formula is C24H24Cl2N4O2. The van der Waals surface area contributed by atoms with E-state index >= 15 is 0 Å². The van der Waals surface area contributed by atoms with E-state index < -0.39 is 5.91 Å². The van der Waals surface area contributed by atoms with Crippen molar-refractivity contribution in [3.63, 3.8) is 0 Å². The first kappa shape index (κ1) is 22.7. The summed E-state index contributed by atoms with van der Waals surface area (Å²) in [4.78, 5) is 23.1. The smallest absolute Gasteiger partial charge is 0.248 e. The standard InChI is InChI=1S/C24H24Cl2N4O2/c25-18-4-2-10-28-22(18)20-6-1-7-21(23-19(26)5-3-11-29-23)30(20)13-16-9-8-15(24(27)32)12-17(16)14-31/h2-5,8-12,20-21,31H,1,6-7,13-14H2,(H2,27,32). The molecule has 2 aromatic heterocycles. The van der Waals surface area contributed by atoms with Crippen LogP contribution >= 0.6 is 23.2 Å². The third-order valence-electron chi connectivity index (χ3n) is 5.97. The van der Waals surface area contributed by atoms with Crippen LogP contribution in [0, 0.1) is 0 Å². The zero-order valence-electron chi connectivity index (χ0n) is 17.4. The number of benzene rings is 1. The molecule has 0 saturated carbocycles. The monoisotopic (exact) mass is 470 g/mol. The molecule has 1 aliphatic heterocycles. The van der Waals surface area contributed by atoms with Crippen molar-refractivity contribution in [3.05, 3.63) is 93.0 Å². The molecule has 0 bridgehead atoms. The summed E-state index contributed by atoms with van der Waals surface area (Å²) in [5.41, 5.74) is 8.96. The van der Waals surface area contributed by atoms with Crippen LogP contribution in [-0.2, 0) is 13.2 Å². The van der Waals surface area contributed by atoms with Gasteiger partial charge >= 0.3 is 0 Å². The van der Waals surface area contributed by atoms with E-state index in [1.807, 2.05) is 30.3 Å². The van der Waals surface area contributed by atoms with Gasteiger partial charge in [-0.2, -0.15) is 0 Å². The van der Waals surface area contributed by atoms with Crippen LogP contribution in [0.4, 0.5) is 0 Å². The Hall–Kier alpha value is -2.51. The van der Waals surface area contributed by atoms with Crippen molar-refractivity contribution in [2.75, 3.05) is 0 Å². The molecule has 0 aliphatic carbocycles. The molecular weight excluding hydrogens is 447 g/mol. The van der Waals surface area contributed by atoms with Gasteiger partial charge in [-0.05, 0) is 66.8 Å². The Morgan fingerprint density at radius 1 is 1.00 bits per heavy atom. The van der Waals surface area contributed by atoms with Crippen molar-refractivity contribution in [1.82, 2.24) is 14.9 Å². The van der Waals surface area contributed by atoms with Crippen LogP contribution < -0.4 is 5.73 Å². The number of hydrogen-bond acceptors (Lipinski definition) is 5. The molecule has 1 aliphatic rings. The van der Waals surface area contributed by atoms with Crippen molar-refractivity contribution >= 4 is 29.1 Å². The van der Waals surface area contributed by atoms with Crippen molar-refractivity contribution < 1.29 is 9.90 Å². The molecule has 1 fully saturated rings. The summed E-state index contributed by atoms with van der Waals surface area (Å²) in [6, 6.07) is 12.4. The van der Waals surface area contributed by atoms with E-state index in [2.05, 4.69) is 14.9 Å².